The maximum Gasteiger partial charge on any atom is 0.343 e. The second-order valence-electron chi connectivity index (χ2n) is 4.55. The summed E-state index contributed by atoms with van der Waals surface area (Å²) in [5, 5.41) is 3.25. The van der Waals surface area contributed by atoms with Gasteiger partial charge in [0.25, 0.3) is 0 Å². The number of fused-ring (bicyclic) bond motifs is 1. The number of ether oxygens (including phenoxy) is 2. The van der Waals surface area contributed by atoms with Crippen LogP contribution in [0.5, 0.6) is 11.5 Å². The van der Waals surface area contributed by atoms with Crippen LogP contribution in [0, 0.1) is 0 Å². The van der Waals surface area contributed by atoms with Gasteiger partial charge in [0.2, 0.25) is 0 Å². The van der Waals surface area contributed by atoms with Crippen molar-refractivity contribution in [3.05, 3.63) is 59.7 Å². The Morgan fingerprint density at radius 3 is 2.85 bits per heavy atom. The molecular formula is C16H15NO3. The van der Waals surface area contributed by atoms with E-state index in [4.69, 9.17) is 9.47 Å². The summed E-state index contributed by atoms with van der Waals surface area (Å²) in [6.45, 7) is 2.16. The van der Waals surface area contributed by atoms with Gasteiger partial charge in [0.05, 0.1) is 5.56 Å². The van der Waals surface area contributed by atoms with Gasteiger partial charge in [-0.3, -0.25) is 0 Å². The maximum atomic E-state index is 12.1. The number of rotatable bonds is 2. The van der Waals surface area contributed by atoms with Crippen LogP contribution in [-0.4, -0.2) is 19.1 Å². The summed E-state index contributed by atoms with van der Waals surface area (Å²) in [4.78, 5) is 12.1. The van der Waals surface area contributed by atoms with Gasteiger partial charge >= 0.3 is 5.97 Å². The molecule has 4 nitrogen and oxygen atoms in total. The highest BCUT2D eigenvalue weighted by molar-refractivity contribution is 5.91. The van der Waals surface area contributed by atoms with Gasteiger partial charge in [0, 0.05) is 18.7 Å². The largest absolute Gasteiger partial charge is 0.492 e. The molecule has 0 spiro atoms. The van der Waals surface area contributed by atoms with E-state index < -0.39 is 0 Å². The van der Waals surface area contributed by atoms with Crippen LogP contribution >= 0.6 is 0 Å². The first-order chi connectivity index (χ1) is 9.83. The highest BCUT2D eigenvalue weighted by atomic mass is 16.5. The van der Waals surface area contributed by atoms with Crippen molar-refractivity contribution in [2.45, 2.75) is 6.54 Å². The third-order valence-corrected chi connectivity index (χ3v) is 3.11. The Bertz CT molecular complexity index is 610. The number of hydrogen-bond donors (Lipinski definition) is 1. The zero-order valence-corrected chi connectivity index (χ0v) is 11.0. The van der Waals surface area contributed by atoms with Crippen molar-refractivity contribution in [3.8, 4) is 11.5 Å². The topological polar surface area (TPSA) is 47.6 Å². The smallest absolute Gasteiger partial charge is 0.343 e. The van der Waals surface area contributed by atoms with Crippen LogP contribution in [0.15, 0.2) is 48.5 Å². The average molecular weight is 269 g/mol. The van der Waals surface area contributed by atoms with Crippen molar-refractivity contribution < 1.29 is 14.3 Å². The van der Waals surface area contributed by atoms with Crippen LogP contribution in [0.2, 0.25) is 0 Å². The third kappa shape index (κ3) is 2.81. The van der Waals surface area contributed by atoms with Crippen LogP contribution in [-0.2, 0) is 6.54 Å². The number of carbonyl (C=O) groups is 1. The van der Waals surface area contributed by atoms with E-state index in [0.29, 0.717) is 17.9 Å². The van der Waals surface area contributed by atoms with E-state index in [1.54, 1.807) is 24.3 Å². The predicted octanol–water partition coefficient (Wildman–Crippen LogP) is 2.39. The van der Waals surface area contributed by atoms with E-state index in [-0.39, 0.29) is 5.97 Å². The lowest BCUT2D eigenvalue weighted by atomic mass is 10.1. The maximum absolute atomic E-state index is 12.1. The van der Waals surface area contributed by atoms with E-state index in [0.717, 1.165) is 24.4 Å². The molecular weight excluding hydrogens is 254 g/mol. The lowest BCUT2D eigenvalue weighted by Crippen LogP contribution is -2.16. The minimum Gasteiger partial charge on any atom is -0.492 e. The highest BCUT2D eigenvalue weighted by Crippen LogP contribution is 2.23. The molecule has 0 amide bonds. The number of para-hydroxylation sites is 1. The Morgan fingerprint density at radius 2 is 2.00 bits per heavy atom. The third-order valence-electron chi connectivity index (χ3n) is 3.11. The molecule has 0 unspecified atom stereocenters. The molecule has 0 fully saturated rings. The van der Waals surface area contributed by atoms with Gasteiger partial charge < -0.3 is 14.8 Å². The van der Waals surface area contributed by atoms with Crippen LogP contribution in [0.3, 0.4) is 0 Å². The monoisotopic (exact) mass is 269 g/mol. The van der Waals surface area contributed by atoms with Crippen LogP contribution in [0.1, 0.15) is 15.9 Å². The van der Waals surface area contributed by atoms with Gasteiger partial charge in [-0.25, -0.2) is 4.79 Å². The van der Waals surface area contributed by atoms with E-state index >= 15 is 0 Å². The molecule has 0 aromatic heterocycles. The van der Waals surface area contributed by atoms with Gasteiger partial charge in [0.15, 0.2) is 0 Å². The molecule has 0 radical (unpaired) electrons. The molecule has 3 rings (SSSR count). The minimum absolute atomic E-state index is 0.375. The van der Waals surface area contributed by atoms with E-state index in [1.165, 1.54) is 0 Å². The summed E-state index contributed by atoms with van der Waals surface area (Å²) in [6, 6.07) is 14.4. The van der Waals surface area contributed by atoms with Gasteiger partial charge in [-0.05, 0) is 24.3 Å². The van der Waals surface area contributed by atoms with Crippen molar-refractivity contribution in [2.75, 3.05) is 13.2 Å². The molecule has 102 valence electrons. The average Bonchev–Trinajstić information content (AvgIpc) is 2.72. The van der Waals surface area contributed by atoms with Gasteiger partial charge in [-0.1, -0.05) is 24.3 Å². The normalized spacial score (nSPS) is 13.8. The molecule has 0 bridgehead atoms. The molecule has 20 heavy (non-hydrogen) atoms. The molecule has 1 heterocycles. The SMILES string of the molecule is O=C(Oc1ccccc1)c1ccc2c(c1)OCCNC2. The molecule has 2 aromatic rings. The molecule has 0 saturated carbocycles. The summed E-state index contributed by atoms with van der Waals surface area (Å²) >= 11 is 0. The molecule has 0 atom stereocenters. The van der Waals surface area contributed by atoms with E-state index in [9.17, 15) is 4.79 Å². The Balaban J connectivity index is 1.80. The van der Waals surface area contributed by atoms with E-state index in [2.05, 4.69) is 5.32 Å². The van der Waals surface area contributed by atoms with Gasteiger partial charge in [-0.15, -0.1) is 0 Å². The summed E-state index contributed by atoms with van der Waals surface area (Å²) in [5.41, 5.74) is 1.55. The second-order valence-corrected chi connectivity index (χ2v) is 4.55. The first-order valence-corrected chi connectivity index (χ1v) is 6.56. The fourth-order valence-corrected chi connectivity index (χ4v) is 2.07. The van der Waals surface area contributed by atoms with Crippen molar-refractivity contribution in [3.63, 3.8) is 0 Å². The Hall–Kier alpha value is -2.33. The lowest BCUT2D eigenvalue weighted by molar-refractivity contribution is 0.0734. The summed E-state index contributed by atoms with van der Waals surface area (Å²) in [7, 11) is 0. The highest BCUT2D eigenvalue weighted by Gasteiger charge is 2.14. The summed E-state index contributed by atoms with van der Waals surface area (Å²) < 4.78 is 10.9. The Morgan fingerprint density at radius 1 is 1.15 bits per heavy atom. The fraction of sp³-hybridized carbons (Fsp3) is 0.188. The van der Waals surface area contributed by atoms with Crippen molar-refractivity contribution in [2.24, 2.45) is 0 Å². The van der Waals surface area contributed by atoms with Crippen LogP contribution in [0.25, 0.3) is 0 Å². The number of hydrogen-bond acceptors (Lipinski definition) is 4. The quantitative estimate of drug-likeness (QED) is 0.671. The molecule has 1 aliphatic heterocycles. The summed E-state index contributed by atoms with van der Waals surface area (Å²) in [5.74, 6) is 0.910. The van der Waals surface area contributed by atoms with Gasteiger partial charge in [0.1, 0.15) is 18.1 Å². The first-order valence-electron chi connectivity index (χ1n) is 6.56. The molecule has 0 saturated heterocycles. The Kier molecular flexibility index (Phi) is 3.65. The second kappa shape index (κ2) is 5.75. The zero-order valence-electron chi connectivity index (χ0n) is 11.0. The predicted molar refractivity (Wildman–Crippen MR) is 75.0 cm³/mol. The minimum atomic E-state index is -0.375. The number of carbonyl (C=O) groups excluding carboxylic acids is 1. The number of esters is 1. The summed E-state index contributed by atoms with van der Waals surface area (Å²) in [6.07, 6.45) is 0. The first kappa shape index (κ1) is 12.7. The molecule has 2 aromatic carbocycles. The lowest BCUT2D eigenvalue weighted by Gasteiger charge is -2.09. The molecule has 4 heteroatoms. The zero-order chi connectivity index (χ0) is 13.8. The van der Waals surface area contributed by atoms with Crippen molar-refractivity contribution in [1.29, 1.82) is 0 Å². The molecule has 0 aliphatic carbocycles. The van der Waals surface area contributed by atoms with E-state index in [1.807, 2.05) is 24.3 Å². The van der Waals surface area contributed by atoms with Crippen LogP contribution in [0.4, 0.5) is 0 Å². The molecule has 1 N–H and O–H groups in total. The van der Waals surface area contributed by atoms with Gasteiger partial charge in [-0.2, -0.15) is 0 Å². The van der Waals surface area contributed by atoms with Crippen molar-refractivity contribution in [1.82, 2.24) is 5.32 Å². The fourth-order valence-electron chi connectivity index (χ4n) is 2.07. The standard InChI is InChI=1S/C16H15NO3/c18-16(20-14-4-2-1-3-5-14)12-6-7-13-11-17-8-9-19-15(13)10-12/h1-7,10,17H,8-9,11H2. The molecule has 1 aliphatic rings. The van der Waals surface area contributed by atoms with Crippen molar-refractivity contribution >= 4 is 5.97 Å². The number of benzene rings is 2. The Labute approximate surface area is 117 Å². The number of nitrogens with one attached hydrogen (secondary N) is 1. The van der Waals surface area contributed by atoms with Crippen LogP contribution < -0.4 is 14.8 Å².